The number of imide groups is 1. The van der Waals surface area contributed by atoms with E-state index in [1.165, 1.54) is 6.42 Å². The lowest BCUT2D eigenvalue weighted by atomic mass is 9.84. The summed E-state index contributed by atoms with van der Waals surface area (Å²) in [6.07, 6.45) is 6.43. The van der Waals surface area contributed by atoms with Crippen LogP contribution in [0.1, 0.15) is 66.7 Å². The van der Waals surface area contributed by atoms with E-state index in [1.54, 1.807) is 7.11 Å². The van der Waals surface area contributed by atoms with Crippen LogP contribution in [0.2, 0.25) is 0 Å². The van der Waals surface area contributed by atoms with E-state index in [2.05, 4.69) is 5.32 Å². The number of nitrogens with one attached hydrogen (secondary N) is 1. The Bertz CT molecular complexity index is 1030. The Balaban J connectivity index is 1.55. The minimum atomic E-state index is -0.836. The van der Waals surface area contributed by atoms with Crippen molar-refractivity contribution >= 4 is 17.7 Å². The predicted molar refractivity (Wildman–Crippen MR) is 121 cm³/mol. The lowest BCUT2D eigenvalue weighted by molar-refractivity contribution is -0.131. The second-order valence-corrected chi connectivity index (χ2v) is 8.91. The molecule has 1 spiro atoms. The third-order valence-corrected chi connectivity index (χ3v) is 6.82. The van der Waals surface area contributed by atoms with Crippen molar-refractivity contribution < 1.29 is 19.1 Å². The summed E-state index contributed by atoms with van der Waals surface area (Å²) in [6.45, 7) is 3.58. The first-order valence-electron chi connectivity index (χ1n) is 11.4. The Morgan fingerprint density at radius 2 is 1.66 bits per heavy atom. The maximum atomic E-state index is 13.2. The second-order valence-electron chi connectivity index (χ2n) is 8.91. The fourth-order valence-electron chi connectivity index (χ4n) is 5.07. The maximum absolute atomic E-state index is 13.2. The molecule has 0 bridgehead atoms. The maximum Gasteiger partial charge on any atom is 0.325 e. The molecule has 0 atom stereocenters. The summed E-state index contributed by atoms with van der Waals surface area (Å²) in [4.78, 5) is 40.2. The molecule has 7 nitrogen and oxygen atoms in total. The van der Waals surface area contributed by atoms with E-state index in [-0.39, 0.29) is 18.2 Å². The van der Waals surface area contributed by atoms with Crippen LogP contribution in [0.5, 0.6) is 5.75 Å². The number of methoxy groups -OCH3 is 1. The quantitative estimate of drug-likeness (QED) is 0.558. The standard InChI is InChI=1S/C25H31N3O4/c1-17-15-21(18(2)28(17)19-9-11-20(32-3)12-10-19)22(29)16-27-23(30)25(26-24(27)31)13-7-5-4-6-8-14-25/h9-12,15H,4-8,13-14,16H2,1-3H3,(H,26,31). The van der Waals surface area contributed by atoms with Crippen LogP contribution in [-0.2, 0) is 4.79 Å². The van der Waals surface area contributed by atoms with Crippen molar-refractivity contribution in [1.29, 1.82) is 0 Å². The molecule has 4 rings (SSSR count). The van der Waals surface area contributed by atoms with Crippen molar-refractivity contribution in [3.8, 4) is 11.4 Å². The molecule has 1 saturated heterocycles. The van der Waals surface area contributed by atoms with E-state index >= 15 is 0 Å². The van der Waals surface area contributed by atoms with Crippen molar-refractivity contribution in [2.75, 3.05) is 13.7 Å². The molecule has 0 unspecified atom stereocenters. The average Bonchev–Trinajstić information content (AvgIpc) is 3.19. The van der Waals surface area contributed by atoms with Gasteiger partial charge in [0.1, 0.15) is 11.3 Å². The zero-order chi connectivity index (χ0) is 22.9. The molecule has 7 heteroatoms. The summed E-state index contributed by atoms with van der Waals surface area (Å²) in [7, 11) is 1.62. The van der Waals surface area contributed by atoms with Crippen LogP contribution in [-0.4, -0.2) is 46.4 Å². The Kier molecular flexibility index (Phi) is 6.09. The van der Waals surface area contributed by atoms with Crippen LogP contribution >= 0.6 is 0 Å². The number of rotatable bonds is 5. The Labute approximate surface area is 188 Å². The number of carbonyl (C=O) groups is 3. The average molecular weight is 438 g/mol. The highest BCUT2D eigenvalue weighted by atomic mass is 16.5. The molecule has 1 N–H and O–H groups in total. The third kappa shape index (κ3) is 3.92. The van der Waals surface area contributed by atoms with E-state index in [0.717, 1.165) is 53.4 Å². The monoisotopic (exact) mass is 437 g/mol. The van der Waals surface area contributed by atoms with Gasteiger partial charge >= 0.3 is 6.03 Å². The van der Waals surface area contributed by atoms with Crippen molar-refractivity contribution in [3.63, 3.8) is 0 Å². The lowest BCUT2D eigenvalue weighted by Gasteiger charge is -2.28. The first kappa shape index (κ1) is 22.1. The predicted octanol–water partition coefficient (Wildman–Crippen LogP) is 4.32. The number of hydrogen-bond acceptors (Lipinski definition) is 4. The number of carbonyl (C=O) groups excluding carboxylic acids is 3. The first-order chi connectivity index (χ1) is 15.4. The molecular formula is C25H31N3O4. The zero-order valence-electron chi connectivity index (χ0n) is 19.1. The second kappa shape index (κ2) is 8.81. The molecule has 3 amide bonds. The number of urea groups is 1. The van der Waals surface area contributed by atoms with E-state index in [9.17, 15) is 14.4 Å². The van der Waals surface area contributed by atoms with Gasteiger partial charge in [-0.15, -0.1) is 0 Å². The van der Waals surface area contributed by atoms with Gasteiger partial charge in [-0.25, -0.2) is 4.79 Å². The van der Waals surface area contributed by atoms with E-state index < -0.39 is 11.6 Å². The molecule has 170 valence electrons. The highest BCUT2D eigenvalue weighted by molar-refractivity contribution is 6.11. The highest BCUT2D eigenvalue weighted by Gasteiger charge is 2.50. The topological polar surface area (TPSA) is 80.6 Å². The fraction of sp³-hybridized carbons (Fsp3) is 0.480. The number of benzene rings is 1. The molecule has 1 aromatic carbocycles. The largest absolute Gasteiger partial charge is 0.497 e. The molecule has 1 aliphatic carbocycles. The Hall–Kier alpha value is -3.09. The van der Waals surface area contributed by atoms with Gasteiger partial charge in [0.2, 0.25) is 0 Å². The van der Waals surface area contributed by atoms with Crippen LogP contribution in [0, 0.1) is 13.8 Å². The van der Waals surface area contributed by atoms with Crippen LogP contribution in [0.15, 0.2) is 30.3 Å². The number of hydrogen-bond donors (Lipinski definition) is 1. The van der Waals surface area contributed by atoms with Gasteiger partial charge in [-0.1, -0.05) is 32.1 Å². The van der Waals surface area contributed by atoms with Crippen molar-refractivity contribution in [1.82, 2.24) is 14.8 Å². The van der Waals surface area contributed by atoms with Gasteiger partial charge in [0.25, 0.3) is 5.91 Å². The van der Waals surface area contributed by atoms with E-state index in [4.69, 9.17) is 4.74 Å². The van der Waals surface area contributed by atoms with Crippen molar-refractivity contribution in [3.05, 3.63) is 47.3 Å². The molecule has 1 aromatic heterocycles. The normalized spacial score (nSPS) is 18.4. The fourth-order valence-corrected chi connectivity index (χ4v) is 5.07. The smallest absolute Gasteiger partial charge is 0.325 e. The van der Waals surface area contributed by atoms with Crippen LogP contribution in [0.4, 0.5) is 4.79 Å². The number of aromatic nitrogens is 1. The number of amides is 3. The molecular weight excluding hydrogens is 406 g/mol. The van der Waals surface area contributed by atoms with Crippen molar-refractivity contribution in [2.24, 2.45) is 0 Å². The van der Waals surface area contributed by atoms with Crippen LogP contribution in [0.3, 0.4) is 0 Å². The summed E-state index contributed by atoms with van der Waals surface area (Å²) in [6, 6.07) is 8.99. The molecule has 2 fully saturated rings. The van der Waals surface area contributed by atoms with Gasteiger partial charge in [0, 0.05) is 22.6 Å². The minimum Gasteiger partial charge on any atom is -0.497 e. The van der Waals surface area contributed by atoms with Gasteiger partial charge in [0.05, 0.1) is 13.7 Å². The summed E-state index contributed by atoms with van der Waals surface area (Å²) in [5, 5.41) is 2.93. The Morgan fingerprint density at radius 3 is 2.28 bits per heavy atom. The number of aryl methyl sites for hydroxylation is 1. The van der Waals surface area contributed by atoms with Gasteiger partial charge in [0.15, 0.2) is 5.78 Å². The van der Waals surface area contributed by atoms with Gasteiger partial charge in [-0.05, 0) is 57.0 Å². The molecule has 32 heavy (non-hydrogen) atoms. The molecule has 2 aromatic rings. The summed E-state index contributed by atoms with van der Waals surface area (Å²) < 4.78 is 7.22. The molecule has 0 radical (unpaired) electrons. The summed E-state index contributed by atoms with van der Waals surface area (Å²) >= 11 is 0. The summed E-state index contributed by atoms with van der Waals surface area (Å²) in [5.74, 6) is 0.278. The molecule has 2 heterocycles. The van der Waals surface area contributed by atoms with Gasteiger partial charge in [-0.2, -0.15) is 0 Å². The molecule has 2 aliphatic rings. The van der Waals surface area contributed by atoms with Gasteiger partial charge < -0.3 is 14.6 Å². The number of ether oxygens (including phenoxy) is 1. The van der Waals surface area contributed by atoms with E-state index in [0.29, 0.717) is 18.4 Å². The number of Topliss-reactive ketones (excluding diaryl/α,β-unsaturated/α-hetero) is 1. The van der Waals surface area contributed by atoms with Crippen LogP contribution in [0.25, 0.3) is 5.69 Å². The van der Waals surface area contributed by atoms with E-state index in [1.807, 2.05) is 48.7 Å². The molecule has 1 aliphatic heterocycles. The third-order valence-electron chi connectivity index (χ3n) is 6.82. The van der Waals surface area contributed by atoms with Gasteiger partial charge in [-0.3, -0.25) is 14.5 Å². The van der Waals surface area contributed by atoms with Crippen molar-refractivity contribution in [2.45, 2.75) is 64.3 Å². The highest BCUT2D eigenvalue weighted by Crippen LogP contribution is 2.32. The van der Waals surface area contributed by atoms with Crippen LogP contribution < -0.4 is 10.1 Å². The number of ketones is 1. The number of nitrogens with zero attached hydrogens (tertiary/aromatic N) is 2. The minimum absolute atomic E-state index is 0.232. The summed E-state index contributed by atoms with van der Waals surface area (Å²) in [5.41, 5.74) is 2.30. The SMILES string of the molecule is COc1ccc(-n2c(C)cc(C(=O)CN3C(=O)NC4(CCCCCCC4)C3=O)c2C)cc1. The lowest BCUT2D eigenvalue weighted by Crippen LogP contribution is -2.47. The Morgan fingerprint density at radius 1 is 1.03 bits per heavy atom. The molecule has 1 saturated carbocycles. The first-order valence-corrected chi connectivity index (χ1v) is 11.4. The zero-order valence-corrected chi connectivity index (χ0v) is 19.1.